The highest BCUT2D eigenvalue weighted by Crippen LogP contribution is 2.26. The van der Waals surface area contributed by atoms with Gasteiger partial charge in [-0.15, -0.1) is 0 Å². The van der Waals surface area contributed by atoms with E-state index in [4.69, 9.17) is 4.52 Å². The Labute approximate surface area is 160 Å². The summed E-state index contributed by atoms with van der Waals surface area (Å²) in [6, 6.07) is 10.5. The average Bonchev–Trinajstić information content (AvgIpc) is 3.28. The lowest BCUT2D eigenvalue weighted by atomic mass is 10.1. The third-order valence-corrected chi connectivity index (χ3v) is 4.61. The summed E-state index contributed by atoms with van der Waals surface area (Å²) in [6.45, 7) is 0. The van der Waals surface area contributed by atoms with E-state index in [0.29, 0.717) is 11.5 Å². The van der Waals surface area contributed by atoms with E-state index in [0.717, 1.165) is 49.0 Å². The molecule has 2 aromatic heterocycles. The fraction of sp³-hybridized carbons (Fsp3) is 0.263. The summed E-state index contributed by atoms with van der Waals surface area (Å²) < 4.78 is 5.31. The molecule has 0 bridgehead atoms. The van der Waals surface area contributed by atoms with Gasteiger partial charge in [0.2, 0.25) is 0 Å². The number of aryl methyl sites for hydroxylation is 1. The average molecular weight is 380 g/mol. The van der Waals surface area contributed by atoms with E-state index in [1.54, 1.807) is 6.07 Å². The lowest BCUT2D eigenvalue weighted by molar-refractivity contribution is 0.0933. The molecule has 0 atom stereocenters. The van der Waals surface area contributed by atoms with Crippen LogP contribution in [0, 0.1) is 0 Å². The van der Waals surface area contributed by atoms with Crippen molar-refractivity contribution in [2.45, 2.75) is 32.1 Å². The lowest BCUT2D eigenvalue weighted by Gasteiger charge is -2.07. The number of H-pyrrole nitrogens is 1. The number of carbonyl (C=O) groups excluding carboxylic acids is 2. The Balaban J connectivity index is 1.33. The number of carbonyl (C=O) groups is 2. The molecule has 0 unspecified atom stereocenters. The van der Waals surface area contributed by atoms with Gasteiger partial charge in [0.15, 0.2) is 5.82 Å². The first kappa shape index (κ1) is 17.8. The Kier molecular flexibility index (Phi) is 5.05. The molecule has 0 fully saturated rings. The highest BCUT2D eigenvalue weighted by atomic mass is 16.5. The quantitative estimate of drug-likeness (QED) is 0.411. The van der Waals surface area contributed by atoms with Crippen molar-refractivity contribution in [2.75, 3.05) is 5.32 Å². The van der Waals surface area contributed by atoms with E-state index in [1.165, 1.54) is 0 Å². The van der Waals surface area contributed by atoms with E-state index in [2.05, 4.69) is 31.5 Å². The molecule has 2 heterocycles. The number of hydrazine groups is 1. The second-order valence-electron chi connectivity index (χ2n) is 6.56. The predicted octanol–water partition coefficient (Wildman–Crippen LogP) is 2.80. The topological polar surface area (TPSA) is 125 Å². The molecule has 9 nitrogen and oxygen atoms in total. The van der Waals surface area contributed by atoms with Crippen molar-refractivity contribution in [2.24, 2.45) is 0 Å². The Morgan fingerprint density at radius 2 is 1.86 bits per heavy atom. The molecule has 1 aliphatic rings. The molecule has 9 heteroatoms. The molecule has 0 saturated heterocycles. The van der Waals surface area contributed by atoms with Gasteiger partial charge < -0.3 is 4.52 Å². The van der Waals surface area contributed by atoms with E-state index in [9.17, 15) is 9.59 Å². The van der Waals surface area contributed by atoms with Gasteiger partial charge in [0.1, 0.15) is 11.5 Å². The number of urea groups is 1. The zero-order valence-electron chi connectivity index (χ0n) is 15.1. The number of aromatic amines is 1. The highest BCUT2D eigenvalue weighted by Gasteiger charge is 2.20. The first-order chi connectivity index (χ1) is 13.7. The normalized spacial score (nSPS) is 13.3. The zero-order valence-corrected chi connectivity index (χ0v) is 15.1. The number of aromatic nitrogens is 3. The van der Waals surface area contributed by atoms with Crippen LogP contribution >= 0.6 is 0 Å². The van der Waals surface area contributed by atoms with Crippen molar-refractivity contribution in [3.8, 4) is 11.3 Å². The molecular formula is C19H20N6O3. The number of nitrogens with zero attached hydrogens (tertiary/aromatic N) is 2. The van der Waals surface area contributed by atoms with Gasteiger partial charge in [-0.3, -0.25) is 20.6 Å². The fourth-order valence-corrected chi connectivity index (χ4v) is 3.17. The number of rotatable bonds is 3. The second kappa shape index (κ2) is 7.95. The Morgan fingerprint density at radius 3 is 2.71 bits per heavy atom. The smallest absolute Gasteiger partial charge is 0.339 e. The number of fused-ring (bicyclic) bond motifs is 1. The number of anilines is 1. The van der Waals surface area contributed by atoms with Gasteiger partial charge in [0.05, 0.1) is 5.69 Å². The van der Waals surface area contributed by atoms with Crippen molar-refractivity contribution >= 4 is 17.8 Å². The Morgan fingerprint density at radius 1 is 1.04 bits per heavy atom. The van der Waals surface area contributed by atoms with Crippen LogP contribution in [0.15, 0.2) is 40.9 Å². The SMILES string of the molecule is O=C(NNC(=O)c1cc(-c2ccccc2)n[nH]1)Nc1noc2c1CCCCC2. The summed E-state index contributed by atoms with van der Waals surface area (Å²) in [6.07, 6.45) is 4.86. The summed E-state index contributed by atoms with van der Waals surface area (Å²) in [5.74, 6) is 0.711. The van der Waals surface area contributed by atoms with Crippen LogP contribution in [0.3, 0.4) is 0 Å². The first-order valence-electron chi connectivity index (χ1n) is 9.16. The van der Waals surface area contributed by atoms with Crippen molar-refractivity contribution in [1.82, 2.24) is 26.2 Å². The largest absolute Gasteiger partial charge is 0.359 e. The third-order valence-electron chi connectivity index (χ3n) is 4.61. The van der Waals surface area contributed by atoms with Gasteiger partial charge in [-0.2, -0.15) is 5.10 Å². The molecule has 1 aliphatic carbocycles. The predicted molar refractivity (Wildman–Crippen MR) is 101 cm³/mol. The molecule has 28 heavy (non-hydrogen) atoms. The molecule has 0 radical (unpaired) electrons. The van der Waals surface area contributed by atoms with E-state index in [1.807, 2.05) is 30.3 Å². The lowest BCUT2D eigenvalue weighted by Crippen LogP contribution is -2.44. The summed E-state index contributed by atoms with van der Waals surface area (Å²) >= 11 is 0. The van der Waals surface area contributed by atoms with E-state index < -0.39 is 11.9 Å². The van der Waals surface area contributed by atoms with Crippen LogP contribution in [0.1, 0.15) is 41.1 Å². The number of hydrogen-bond donors (Lipinski definition) is 4. The monoisotopic (exact) mass is 380 g/mol. The van der Waals surface area contributed by atoms with Gasteiger partial charge in [0.25, 0.3) is 5.91 Å². The minimum absolute atomic E-state index is 0.231. The molecule has 0 aliphatic heterocycles. The van der Waals surface area contributed by atoms with Gasteiger partial charge in [-0.25, -0.2) is 10.2 Å². The Hall–Kier alpha value is -3.62. The van der Waals surface area contributed by atoms with E-state index in [-0.39, 0.29) is 5.69 Å². The van der Waals surface area contributed by atoms with Crippen LogP contribution in [-0.2, 0) is 12.8 Å². The standard InChI is InChI=1S/C19H20N6O3/c26-18(15-11-14(21-22-15)12-7-3-1-4-8-12)23-24-19(27)20-17-13-9-5-2-6-10-16(13)28-25-17/h1,3-4,7-8,11H,2,5-6,9-10H2,(H,21,22)(H,23,26)(H2,20,24,25,27). The molecular weight excluding hydrogens is 360 g/mol. The van der Waals surface area contributed by atoms with Crippen LogP contribution in [0.4, 0.5) is 10.6 Å². The van der Waals surface area contributed by atoms with E-state index >= 15 is 0 Å². The Bertz CT molecular complexity index is 979. The van der Waals surface area contributed by atoms with Crippen molar-refractivity contribution in [3.05, 3.63) is 53.4 Å². The number of hydrogen-bond acceptors (Lipinski definition) is 5. The zero-order chi connectivity index (χ0) is 19.3. The van der Waals surface area contributed by atoms with Crippen molar-refractivity contribution in [3.63, 3.8) is 0 Å². The number of amides is 3. The number of nitrogens with one attached hydrogen (secondary N) is 4. The fourth-order valence-electron chi connectivity index (χ4n) is 3.17. The van der Waals surface area contributed by atoms with Crippen molar-refractivity contribution in [1.29, 1.82) is 0 Å². The maximum Gasteiger partial charge on any atom is 0.339 e. The summed E-state index contributed by atoms with van der Waals surface area (Å²) in [5, 5.41) is 13.3. The third kappa shape index (κ3) is 3.88. The van der Waals surface area contributed by atoms with Crippen molar-refractivity contribution < 1.29 is 14.1 Å². The second-order valence-corrected chi connectivity index (χ2v) is 6.56. The molecule has 3 amide bonds. The maximum absolute atomic E-state index is 12.2. The number of benzene rings is 1. The van der Waals surface area contributed by atoms with Crippen LogP contribution in [0.5, 0.6) is 0 Å². The highest BCUT2D eigenvalue weighted by molar-refractivity contribution is 5.96. The molecule has 1 aromatic carbocycles. The summed E-state index contributed by atoms with van der Waals surface area (Å²) in [5.41, 5.74) is 7.33. The molecule has 0 spiro atoms. The molecule has 144 valence electrons. The summed E-state index contributed by atoms with van der Waals surface area (Å²) in [4.78, 5) is 24.3. The van der Waals surface area contributed by atoms with Crippen LogP contribution < -0.4 is 16.2 Å². The van der Waals surface area contributed by atoms with Crippen LogP contribution in [-0.4, -0.2) is 27.3 Å². The molecule has 0 saturated carbocycles. The van der Waals surface area contributed by atoms with Gasteiger partial charge in [-0.05, 0) is 25.3 Å². The van der Waals surface area contributed by atoms with Gasteiger partial charge in [0, 0.05) is 17.5 Å². The van der Waals surface area contributed by atoms with Gasteiger partial charge in [-0.1, -0.05) is 41.9 Å². The minimum Gasteiger partial charge on any atom is -0.359 e. The van der Waals surface area contributed by atoms with Crippen LogP contribution in [0.2, 0.25) is 0 Å². The van der Waals surface area contributed by atoms with Crippen LogP contribution in [0.25, 0.3) is 11.3 Å². The molecule has 3 aromatic rings. The first-order valence-corrected chi connectivity index (χ1v) is 9.16. The summed E-state index contributed by atoms with van der Waals surface area (Å²) in [7, 11) is 0. The van der Waals surface area contributed by atoms with Gasteiger partial charge >= 0.3 is 6.03 Å². The molecule has 4 N–H and O–H groups in total. The minimum atomic E-state index is -0.600. The maximum atomic E-state index is 12.2. The molecule has 4 rings (SSSR count).